The highest BCUT2D eigenvalue weighted by Crippen LogP contribution is 2.55. The number of imide groups is 1. The number of benzene rings is 2. The van der Waals surface area contributed by atoms with Crippen molar-refractivity contribution in [3.63, 3.8) is 0 Å². The van der Waals surface area contributed by atoms with E-state index in [1.807, 2.05) is 6.07 Å². The lowest BCUT2D eigenvalue weighted by Gasteiger charge is -2.26. The van der Waals surface area contributed by atoms with Crippen molar-refractivity contribution in [2.45, 2.75) is 25.2 Å². The molecule has 9 heteroatoms. The molecule has 0 radical (unpaired) electrons. The number of fused-ring (bicyclic) bond motifs is 8. The third kappa shape index (κ3) is 2.70. The van der Waals surface area contributed by atoms with Gasteiger partial charge in [0.15, 0.2) is 11.9 Å². The Balaban J connectivity index is 1.32. The first-order valence-corrected chi connectivity index (χ1v) is 11.0. The second-order valence-electron chi connectivity index (χ2n) is 8.87. The number of Topliss-reactive ketones (excluding diaryl/α,β-unsaturated/α-hetero) is 1. The SMILES string of the molecule is COc1ccc(C2=NO[C@@H]3[C@H]4O[C@@H]([C@H]23)[C@H]2C(=O)N(c3ccc(C(C)=O)cc3)C(=O)[C@@H]42)c(OC)c1. The topological polar surface area (TPSA) is 104 Å². The molecule has 34 heavy (non-hydrogen) atoms. The highest BCUT2D eigenvalue weighted by molar-refractivity contribution is 6.23. The van der Waals surface area contributed by atoms with Crippen molar-refractivity contribution in [2.75, 3.05) is 19.1 Å². The number of oxime groups is 1. The molecule has 3 fully saturated rings. The monoisotopic (exact) mass is 462 g/mol. The molecule has 0 saturated carbocycles. The maximum Gasteiger partial charge on any atom is 0.240 e. The molecule has 0 aliphatic carbocycles. The first kappa shape index (κ1) is 20.9. The van der Waals surface area contributed by atoms with Crippen molar-refractivity contribution in [3.05, 3.63) is 53.6 Å². The minimum absolute atomic E-state index is 0.0836. The summed E-state index contributed by atoms with van der Waals surface area (Å²) >= 11 is 0. The fourth-order valence-electron chi connectivity index (χ4n) is 5.69. The molecule has 2 aromatic rings. The van der Waals surface area contributed by atoms with Crippen molar-refractivity contribution in [3.8, 4) is 11.5 Å². The van der Waals surface area contributed by atoms with Gasteiger partial charge in [-0.05, 0) is 43.3 Å². The molecule has 0 unspecified atom stereocenters. The van der Waals surface area contributed by atoms with Crippen LogP contribution in [0, 0.1) is 17.8 Å². The largest absolute Gasteiger partial charge is 0.497 e. The average Bonchev–Trinajstić information content (AvgIpc) is 3.59. The van der Waals surface area contributed by atoms with E-state index in [0.717, 1.165) is 5.56 Å². The number of ketones is 1. The van der Waals surface area contributed by atoms with Crippen LogP contribution in [0.1, 0.15) is 22.8 Å². The van der Waals surface area contributed by atoms with Crippen molar-refractivity contribution in [1.82, 2.24) is 0 Å². The summed E-state index contributed by atoms with van der Waals surface area (Å²) in [6, 6.07) is 11.9. The predicted octanol–water partition coefficient (Wildman–Crippen LogP) is 2.21. The zero-order valence-electron chi connectivity index (χ0n) is 18.8. The third-order valence-electron chi connectivity index (χ3n) is 7.26. The Hall–Kier alpha value is -3.72. The van der Waals surface area contributed by atoms with Crippen LogP contribution in [0.2, 0.25) is 0 Å². The molecular formula is C25H22N2O7. The van der Waals surface area contributed by atoms with E-state index in [9.17, 15) is 14.4 Å². The lowest BCUT2D eigenvalue weighted by molar-refractivity contribution is -0.125. The van der Waals surface area contributed by atoms with Gasteiger partial charge in [-0.2, -0.15) is 0 Å². The van der Waals surface area contributed by atoms with Gasteiger partial charge < -0.3 is 19.0 Å². The zero-order chi connectivity index (χ0) is 23.7. The lowest BCUT2D eigenvalue weighted by Crippen LogP contribution is -2.45. The van der Waals surface area contributed by atoms with Crippen molar-refractivity contribution >= 4 is 29.0 Å². The molecule has 0 spiro atoms. The fraction of sp³-hybridized carbons (Fsp3) is 0.360. The van der Waals surface area contributed by atoms with Crippen LogP contribution in [0.4, 0.5) is 5.69 Å². The van der Waals surface area contributed by atoms with E-state index in [4.69, 9.17) is 19.0 Å². The number of rotatable bonds is 5. The maximum absolute atomic E-state index is 13.5. The standard InChI is InChI=1S/C25H22N2O7/c1-11(28)12-4-6-13(7-5-12)27-24(29)17-18(25(27)30)22-23-19(21(17)33-22)20(26-34-23)15-9-8-14(31-2)10-16(15)32-3/h4-10,17-19,21-23H,1-3H3/t17-,18+,19-,21+,22-,23-/m0/s1. The summed E-state index contributed by atoms with van der Waals surface area (Å²) in [6.07, 6.45) is -1.56. The number of carbonyl (C=O) groups is 3. The van der Waals surface area contributed by atoms with Crippen LogP contribution >= 0.6 is 0 Å². The minimum Gasteiger partial charge on any atom is -0.497 e. The van der Waals surface area contributed by atoms with Crippen molar-refractivity contribution in [1.29, 1.82) is 0 Å². The molecular weight excluding hydrogens is 440 g/mol. The average molecular weight is 462 g/mol. The quantitative estimate of drug-likeness (QED) is 0.496. The molecule has 0 aromatic heterocycles. The normalized spacial score (nSPS) is 30.7. The van der Waals surface area contributed by atoms with E-state index < -0.39 is 30.1 Å². The van der Waals surface area contributed by atoms with Crippen LogP contribution in [0.3, 0.4) is 0 Å². The van der Waals surface area contributed by atoms with E-state index in [0.29, 0.717) is 28.5 Å². The molecule has 2 bridgehead atoms. The molecule has 0 N–H and O–H groups in total. The van der Waals surface area contributed by atoms with E-state index in [1.54, 1.807) is 50.6 Å². The van der Waals surface area contributed by atoms with Gasteiger partial charge >= 0.3 is 0 Å². The summed E-state index contributed by atoms with van der Waals surface area (Å²) in [6.45, 7) is 1.47. The summed E-state index contributed by atoms with van der Waals surface area (Å²) in [4.78, 5) is 45.4. The molecule has 2 aromatic carbocycles. The van der Waals surface area contributed by atoms with Gasteiger partial charge in [-0.25, -0.2) is 4.90 Å². The van der Waals surface area contributed by atoms with Crippen LogP contribution in [-0.4, -0.2) is 55.8 Å². The Kier molecular flexibility index (Phi) is 4.54. The number of methoxy groups -OCH3 is 2. The Morgan fingerprint density at radius 3 is 2.26 bits per heavy atom. The van der Waals surface area contributed by atoms with E-state index >= 15 is 0 Å². The summed E-state index contributed by atoms with van der Waals surface area (Å²) in [7, 11) is 3.14. The van der Waals surface area contributed by atoms with Crippen LogP contribution in [0.5, 0.6) is 11.5 Å². The van der Waals surface area contributed by atoms with Crippen molar-refractivity contribution in [2.24, 2.45) is 22.9 Å². The van der Waals surface area contributed by atoms with Crippen LogP contribution in [0.25, 0.3) is 0 Å². The molecule has 4 aliphatic heterocycles. The Labute approximate surface area is 195 Å². The Bertz CT molecular complexity index is 1250. The van der Waals surface area contributed by atoms with E-state index in [2.05, 4.69) is 5.16 Å². The second kappa shape index (κ2) is 7.39. The molecule has 6 atom stereocenters. The maximum atomic E-state index is 13.5. The number of ether oxygens (including phenoxy) is 3. The van der Waals surface area contributed by atoms with Crippen LogP contribution < -0.4 is 14.4 Å². The number of carbonyl (C=O) groups excluding carboxylic acids is 3. The van der Waals surface area contributed by atoms with Gasteiger partial charge in [-0.1, -0.05) is 5.16 Å². The molecule has 9 nitrogen and oxygen atoms in total. The molecule has 3 saturated heterocycles. The second-order valence-corrected chi connectivity index (χ2v) is 8.87. The van der Waals surface area contributed by atoms with Gasteiger partial charge in [0.05, 0.1) is 43.8 Å². The molecule has 6 rings (SSSR count). The highest BCUT2D eigenvalue weighted by atomic mass is 16.7. The Morgan fingerprint density at radius 1 is 0.912 bits per heavy atom. The van der Waals surface area contributed by atoms with Gasteiger partial charge in [-0.15, -0.1) is 0 Å². The molecule has 2 amide bonds. The van der Waals surface area contributed by atoms with Gasteiger partial charge in [-0.3, -0.25) is 14.4 Å². The molecule has 174 valence electrons. The zero-order valence-corrected chi connectivity index (χ0v) is 18.8. The summed E-state index contributed by atoms with van der Waals surface area (Å²) in [5.74, 6) is -1.03. The first-order valence-electron chi connectivity index (χ1n) is 11.0. The summed E-state index contributed by atoms with van der Waals surface area (Å²) in [5.41, 5.74) is 2.34. The predicted molar refractivity (Wildman–Crippen MR) is 119 cm³/mol. The van der Waals surface area contributed by atoms with Gasteiger partial charge in [0, 0.05) is 17.2 Å². The number of amides is 2. The van der Waals surface area contributed by atoms with Crippen molar-refractivity contribution < 1.29 is 33.4 Å². The molecule has 4 aliphatic rings. The third-order valence-corrected chi connectivity index (χ3v) is 7.26. The highest BCUT2D eigenvalue weighted by Gasteiger charge is 2.72. The smallest absolute Gasteiger partial charge is 0.240 e. The van der Waals surface area contributed by atoms with Crippen LogP contribution in [-0.2, 0) is 19.2 Å². The summed E-state index contributed by atoms with van der Waals surface area (Å²) < 4.78 is 17.0. The van der Waals surface area contributed by atoms with E-state index in [-0.39, 0.29) is 23.5 Å². The van der Waals surface area contributed by atoms with Gasteiger partial charge in [0.2, 0.25) is 11.8 Å². The number of hydrogen-bond donors (Lipinski definition) is 0. The first-order chi connectivity index (χ1) is 16.4. The van der Waals surface area contributed by atoms with Gasteiger partial charge in [0.1, 0.15) is 23.3 Å². The van der Waals surface area contributed by atoms with Gasteiger partial charge in [0.25, 0.3) is 0 Å². The fourth-order valence-corrected chi connectivity index (χ4v) is 5.69. The number of hydrogen-bond acceptors (Lipinski definition) is 8. The lowest BCUT2D eigenvalue weighted by atomic mass is 9.71. The number of anilines is 1. The van der Waals surface area contributed by atoms with E-state index in [1.165, 1.54) is 11.8 Å². The molecule has 4 heterocycles. The minimum atomic E-state index is -0.626. The Morgan fingerprint density at radius 2 is 1.62 bits per heavy atom. The number of nitrogens with zero attached hydrogens (tertiary/aromatic N) is 2. The van der Waals surface area contributed by atoms with Crippen LogP contribution in [0.15, 0.2) is 47.6 Å². The summed E-state index contributed by atoms with van der Waals surface area (Å²) in [5, 5.41) is 4.32.